The molecule has 2 atom stereocenters. The number of likely N-dealkylation sites (tertiary alicyclic amines) is 1. The molecule has 5 nitrogen and oxygen atoms in total. The zero-order valence-corrected chi connectivity index (χ0v) is 17.6. The SMILES string of the molecule is O=C(Nc1ccccc1F)N1CC(C(=O)N2CCSCC2)CC(c2ccccc2)C1. The fourth-order valence-corrected chi connectivity index (χ4v) is 5.11. The molecule has 2 fully saturated rings. The van der Waals surface area contributed by atoms with Crippen LogP contribution in [0.4, 0.5) is 14.9 Å². The van der Waals surface area contributed by atoms with E-state index in [0.29, 0.717) is 13.1 Å². The van der Waals surface area contributed by atoms with Crippen LogP contribution in [0, 0.1) is 11.7 Å². The van der Waals surface area contributed by atoms with Gasteiger partial charge in [-0.25, -0.2) is 9.18 Å². The fraction of sp³-hybridized carbons (Fsp3) is 0.391. The van der Waals surface area contributed by atoms with Crippen molar-refractivity contribution >= 4 is 29.4 Å². The smallest absolute Gasteiger partial charge is 0.321 e. The van der Waals surface area contributed by atoms with Gasteiger partial charge in [0.1, 0.15) is 5.82 Å². The number of nitrogens with zero attached hydrogens (tertiary/aromatic N) is 2. The number of benzene rings is 2. The first-order chi connectivity index (χ1) is 14.6. The van der Waals surface area contributed by atoms with Gasteiger partial charge in [0.05, 0.1) is 11.6 Å². The Hall–Kier alpha value is -2.54. The Morgan fingerprint density at radius 2 is 1.63 bits per heavy atom. The molecule has 30 heavy (non-hydrogen) atoms. The van der Waals surface area contributed by atoms with E-state index < -0.39 is 5.82 Å². The van der Waals surface area contributed by atoms with E-state index in [1.54, 1.807) is 23.1 Å². The van der Waals surface area contributed by atoms with Gasteiger partial charge in [-0.05, 0) is 24.1 Å². The van der Waals surface area contributed by atoms with Gasteiger partial charge in [-0.15, -0.1) is 0 Å². The van der Waals surface area contributed by atoms with Crippen molar-refractivity contribution in [2.75, 3.05) is 43.0 Å². The van der Waals surface area contributed by atoms with Crippen molar-refractivity contribution in [2.45, 2.75) is 12.3 Å². The summed E-state index contributed by atoms with van der Waals surface area (Å²) in [5, 5.41) is 2.67. The maximum atomic E-state index is 14.0. The molecule has 0 spiro atoms. The molecule has 0 bridgehead atoms. The average molecular weight is 428 g/mol. The lowest BCUT2D eigenvalue weighted by molar-refractivity contribution is -0.136. The molecule has 1 N–H and O–H groups in total. The number of piperidine rings is 1. The molecule has 3 amide bonds. The van der Waals surface area contributed by atoms with Crippen molar-refractivity contribution in [3.63, 3.8) is 0 Å². The van der Waals surface area contributed by atoms with Crippen molar-refractivity contribution in [1.82, 2.24) is 9.80 Å². The predicted octanol–water partition coefficient (Wildman–Crippen LogP) is 4.04. The summed E-state index contributed by atoms with van der Waals surface area (Å²) >= 11 is 1.86. The number of carbonyl (C=O) groups is 2. The summed E-state index contributed by atoms with van der Waals surface area (Å²) in [5.74, 6) is 1.38. The number of amides is 3. The second kappa shape index (κ2) is 9.51. The van der Waals surface area contributed by atoms with Gasteiger partial charge in [0.25, 0.3) is 0 Å². The van der Waals surface area contributed by atoms with Crippen LogP contribution in [0.5, 0.6) is 0 Å². The van der Waals surface area contributed by atoms with E-state index in [0.717, 1.165) is 36.6 Å². The van der Waals surface area contributed by atoms with Gasteiger partial charge in [-0.1, -0.05) is 42.5 Å². The van der Waals surface area contributed by atoms with Crippen LogP contribution in [-0.4, -0.2) is 59.4 Å². The molecule has 0 aliphatic carbocycles. The first kappa shape index (κ1) is 20.7. The lowest BCUT2D eigenvalue weighted by Crippen LogP contribution is -2.51. The minimum Gasteiger partial charge on any atom is -0.341 e. The highest BCUT2D eigenvalue weighted by molar-refractivity contribution is 7.99. The third-order valence-electron chi connectivity index (χ3n) is 5.80. The summed E-state index contributed by atoms with van der Waals surface area (Å²) in [7, 11) is 0. The number of thioether (sulfide) groups is 1. The lowest BCUT2D eigenvalue weighted by Gasteiger charge is -2.39. The van der Waals surface area contributed by atoms with Crippen LogP contribution in [0.25, 0.3) is 0 Å². The monoisotopic (exact) mass is 427 g/mol. The topological polar surface area (TPSA) is 52.7 Å². The molecule has 2 aliphatic rings. The van der Waals surface area contributed by atoms with E-state index in [2.05, 4.69) is 5.32 Å². The fourth-order valence-electron chi connectivity index (χ4n) is 4.21. The first-order valence-electron chi connectivity index (χ1n) is 10.3. The third-order valence-corrected chi connectivity index (χ3v) is 6.74. The number of para-hydroxylation sites is 1. The summed E-state index contributed by atoms with van der Waals surface area (Å²) in [5.41, 5.74) is 1.27. The van der Waals surface area contributed by atoms with Crippen molar-refractivity contribution in [3.8, 4) is 0 Å². The van der Waals surface area contributed by atoms with E-state index in [4.69, 9.17) is 0 Å². The molecule has 2 aromatic carbocycles. The Morgan fingerprint density at radius 1 is 0.933 bits per heavy atom. The molecular weight excluding hydrogens is 401 g/mol. The highest BCUT2D eigenvalue weighted by Crippen LogP contribution is 2.32. The van der Waals surface area contributed by atoms with E-state index in [1.807, 2.05) is 47.0 Å². The minimum atomic E-state index is -0.471. The standard InChI is InChI=1S/C23H26FN3O2S/c24-20-8-4-5-9-21(20)25-23(29)27-15-18(17-6-2-1-3-7-17)14-19(16-27)22(28)26-10-12-30-13-11-26/h1-9,18-19H,10-16H2,(H,25,29). The van der Waals surface area contributed by atoms with E-state index in [9.17, 15) is 14.0 Å². The van der Waals surface area contributed by atoms with Crippen LogP contribution in [0.3, 0.4) is 0 Å². The van der Waals surface area contributed by atoms with E-state index in [1.165, 1.54) is 6.07 Å². The molecule has 0 radical (unpaired) electrons. The molecule has 2 unspecified atom stereocenters. The quantitative estimate of drug-likeness (QED) is 0.804. The minimum absolute atomic E-state index is 0.0689. The molecule has 158 valence electrons. The van der Waals surface area contributed by atoms with Gasteiger partial charge < -0.3 is 15.1 Å². The van der Waals surface area contributed by atoms with Crippen LogP contribution < -0.4 is 5.32 Å². The molecule has 2 saturated heterocycles. The molecule has 0 saturated carbocycles. The molecule has 2 aromatic rings. The van der Waals surface area contributed by atoms with Crippen molar-refractivity contribution in [1.29, 1.82) is 0 Å². The van der Waals surface area contributed by atoms with Crippen LogP contribution >= 0.6 is 11.8 Å². The second-order valence-corrected chi connectivity index (χ2v) is 9.02. The molecule has 4 rings (SSSR count). The largest absolute Gasteiger partial charge is 0.341 e. The maximum absolute atomic E-state index is 14.0. The van der Waals surface area contributed by atoms with Gasteiger partial charge in [-0.3, -0.25) is 4.79 Å². The van der Waals surface area contributed by atoms with Crippen LogP contribution in [0.2, 0.25) is 0 Å². The van der Waals surface area contributed by atoms with Gasteiger partial charge in [0, 0.05) is 43.6 Å². The van der Waals surface area contributed by atoms with Gasteiger partial charge >= 0.3 is 6.03 Å². The predicted molar refractivity (Wildman–Crippen MR) is 118 cm³/mol. The Bertz CT molecular complexity index is 889. The number of carbonyl (C=O) groups excluding carboxylic acids is 2. The highest BCUT2D eigenvalue weighted by atomic mass is 32.2. The molecule has 0 aromatic heterocycles. The number of hydrogen-bond acceptors (Lipinski definition) is 3. The van der Waals surface area contributed by atoms with Gasteiger partial charge in [-0.2, -0.15) is 11.8 Å². The van der Waals surface area contributed by atoms with Crippen LogP contribution in [0.1, 0.15) is 17.9 Å². The molecule has 2 heterocycles. The third kappa shape index (κ3) is 4.78. The van der Waals surface area contributed by atoms with Crippen molar-refractivity contribution < 1.29 is 14.0 Å². The summed E-state index contributed by atoms with van der Waals surface area (Å²) in [6.45, 7) is 2.38. The molecular formula is C23H26FN3O2S. The molecule has 7 heteroatoms. The first-order valence-corrected chi connectivity index (χ1v) is 11.5. The van der Waals surface area contributed by atoms with Gasteiger partial charge in [0.2, 0.25) is 5.91 Å². The molecule has 2 aliphatic heterocycles. The van der Waals surface area contributed by atoms with Crippen molar-refractivity contribution in [2.24, 2.45) is 5.92 Å². The summed E-state index contributed by atoms with van der Waals surface area (Å²) in [6.07, 6.45) is 0.718. The number of hydrogen-bond donors (Lipinski definition) is 1. The summed E-state index contributed by atoms with van der Waals surface area (Å²) in [4.78, 5) is 29.8. The van der Waals surface area contributed by atoms with Gasteiger partial charge in [0.15, 0.2) is 0 Å². The number of anilines is 1. The zero-order valence-electron chi connectivity index (χ0n) is 16.8. The van der Waals surface area contributed by atoms with Crippen LogP contribution in [-0.2, 0) is 4.79 Å². The Kier molecular flexibility index (Phi) is 6.57. The maximum Gasteiger partial charge on any atom is 0.321 e. The summed E-state index contributed by atoms with van der Waals surface area (Å²) in [6, 6.07) is 15.8. The average Bonchev–Trinajstić information content (AvgIpc) is 2.81. The zero-order chi connectivity index (χ0) is 20.9. The number of nitrogens with one attached hydrogen (secondary N) is 1. The highest BCUT2D eigenvalue weighted by Gasteiger charge is 2.36. The normalized spacial score (nSPS) is 21.9. The van der Waals surface area contributed by atoms with Crippen LogP contribution in [0.15, 0.2) is 54.6 Å². The Morgan fingerprint density at radius 3 is 2.37 bits per heavy atom. The lowest BCUT2D eigenvalue weighted by atomic mass is 9.84. The Balaban J connectivity index is 1.53. The number of rotatable bonds is 3. The van der Waals surface area contributed by atoms with Crippen molar-refractivity contribution in [3.05, 3.63) is 66.0 Å². The number of urea groups is 1. The second-order valence-electron chi connectivity index (χ2n) is 7.79. The van der Waals surface area contributed by atoms with E-state index in [-0.39, 0.29) is 29.5 Å². The van der Waals surface area contributed by atoms with E-state index >= 15 is 0 Å². The number of halogens is 1. The Labute approximate surface area is 180 Å². The summed E-state index contributed by atoms with van der Waals surface area (Å²) < 4.78 is 14.0.